The average molecular weight is 289 g/mol. The lowest BCUT2D eigenvalue weighted by Crippen LogP contribution is -2.21. The maximum Gasteiger partial charge on any atom is 0.122 e. The summed E-state index contributed by atoms with van der Waals surface area (Å²) in [6, 6.07) is 14.0. The van der Waals surface area contributed by atoms with Crippen LogP contribution in [0.3, 0.4) is 0 Å². The molecule has 0 aliphatic heterocycles. The van der Waals surface area contributed by atoms with Crippen LogP contribution in [0.25, 0.3) is 0 Å². The Morgan fingerprint density at radius 1 is 0.905 bits per heavy atom. The first-order valence-corrected chi connectivity index (χ1v) is 6.97. The molecule has 114 valence electrons. The molecule has 0 aliphatic carbocycles. The van der Waals surface area contributed by atoms with Crippen molar-refractivity contribution >= 4 is 5.69 Å². The molecule has 0 aliphatic rings. The van der Waals surface area contributed by atoms with Crippen LogP contribution in [-0.4, -0.2) is 30.4 Å². The van der Waals surface area contributed by atoms with E-state index in [9.17, 15) is 5.11 Å². The summed E-state index contributed by atoms with van der Waals surface area (Å²) in [4.78, 5) is 2.19. The Hall–Kier alpha value is -2.36. The Kier molecular flexibility index (Phi) is 6.95. The van der Waals surface area contributed by atoms with Gasteiger partial charge in [0.15, 0.2) is 0 Å². The highest BCUT2D eigenvalue weighted by atomic mass is 16.5. The van der Waals surface area contributed by atoms with Gasteiger partial charge in [-0.1, -0.05) is 12.1 Å². The number of hydrogen-bond acceptors (Lipinski definition) is 4. The zero-order chi connectivity index (χ0) is 15.7. The van der Waals surface area contributed by atoms with Crippen molar-refractivity contribution < 1.29 is 14.9 Å². The fourth-order valence-electron chi connectivity index (χ4n) is 1.89. The third kappa shape index (κ3) is 5.65. The molecule has 0 saturated heterocycles. The van der Waals surface area contributed by atoms with Crippen LogP contribution >= 0.6 is 0 Å². The van der Waals surface area contributed by atoms with E-state index in [0.717, 1.165) is 18.8 Å². The van der Waals surface area contributed by atoms with Gasteiger partial charge < -0.3 is 19.8 Å². The first kappa shape index (κ1) is 16.7. The second-order valence-corrected chi connectivity index (χ2v) is 4.39. The first-order chi connectivity index (χ1) is 10.1. The van der Waals surface area contributed by atoms with Gasteiger partial charge in [-0.2, -0.15) is 0 Å². The molecule has 0 bridgehead atoms. The van der Waals surface area contributed by atoms with Crippen LogP contribution in [0.15, 0.2) is 48.5 Å². The van der Waals surface area contributed by atoms with Gasteiger partial charge >= 0.3 is 0 Å². The smallest absolute Gasteiger partial charge is 0.122 e. The second-order valence-electron chi connectivity index (χ2n) is 4.39. The van der Waals surface area contributed by atoms with Crippen molar-refractivity contribution in [1.82, 2.24) is 0 Å². The van der Waals surface area contributed by atoms with Gasteiger partial charge in [-0.25, -0.2) is 0 Å². The Bertz CT molecular complexity index is 539. The van der Waals surface area contributed by atoms with Crippen molar-refractivity contribution in [3.8, 4) is 17.2 Å². The fraction of sp³-hybridized carbons (Fsp3) is 0.294. The molecule has 0 aromatic heterocycles. The van der Waals surface area contributed by atoms with Crippen LogP contribution in [0.2, 0.25) is 0 Å². The van der Waals surface area contributed by atoms with Crippen molar-refractivity contribution in [2.24, 2.45) is 0 Å². The Labute approximate surface area is 126 Å². The highest BCUT2D eigenvalue weighted by molar-refractivity contribution is 5.50. The van der Waals surface area contributed by atoms with E-state index < -0.39 is 0 Å². The minimum Gasteiger partial charge on any atom is -0.508 e. The second kappa shape index (κ2) is 8.74. The molecular formula is C17H23NO3. The minimum absolute atomic E-state index is 0.231. The number of ether oxygens (including phenoxy) is 1. The van der Waals surface area contributed by atoms with E-state index in [4.69, 9.17) is 9.84 Å². The number of methoxy groups -OCH3 is 1. The summed E-state index contributed by atoms with van der Waals surface area (Å²) in [6.45, 7) is 6.15. The highest BCUT2D eigenvalue weighted by Crippen LogP contribution is 2.19. The van der Waals surface area contributed by atoms with Gasteiger partial charge in [0.2, 0.25) is 0 Å². The van der Waals surface area contributed by atoms with Crippen LogP contribution in [0.5, 0.6) is 17.2 Å². The largest absolute Gasteiger partial charge is 0.508 e. The lowest BCUT2D eigenvalue weighted by atomic mass is 10.2. The predicted molar refractivity (Wildman–Crippen MR) is 86.3 cm³/mol. The predicted octanol–water partition coefficient (Wildman–Crippen LogP) is 3.64. The zero-order valence-electron chi connectivity index (χ0n) is 12.8. The molecule has 0 amide bonds. The van der Waals surface area contributed by atoms with Gasteiger partial charge in [-0.05, 0) is 38.1 Å². The van der Waals surface area contributed by atoms with Gasteiger partial charge in [0, 0.05) is 30.9 Å². The van der Waals surface area contributed by atoms with Crippen LogP contribution < -0.4 is 9.64 Å². The average Bonchev–Trinajstić information content (AvgIpc) is 2.49. The molecule has 0 atom stereocenters. The minimum atomic E-state index is 0.231. The van der Waals surface area contributed by atoms with Crippen LogP contribution in [0.1, 0.15) is 13.8 Å². The highest BCUT2D eigenvalue weighted by Gasteiger charge is 2.00. The summed E-state index contributed by atoms with van der Waals surface area (Å²) in [6.07, 6.45) is 0. The van der Waals surface area contributed by atoms with E-state index in [1.807, 2.05) is 12.1 Å². The summed E-state index contributed by atoms with van der Waals surface area (Å²) < 4.78 is 4.84. The molecule has 0 spiro atoms. The third-order valence-corrected chi connectivity index (χ3v) is 3.01. The van der Waals surface area contributed by atoms with Crippen molar-refractivity contribution in [2.75, 3.05) is 25.1 Å². The number of rotatable bonds is 4. The van der Waals surface area contributed by atoms with E-state index >= 15 is 0 Å². The molecule has 2 rings (SSSR count). The quantitative estimate of drug-likeness (QED) is 0.902. The van der Waals surface area contributed by atoms with Crippen molar-refractivity contribution in [3.05, 3.63) is 48.5 Å². The number of aromatic hydroxyl groups is 2. The van der Waals surface area contributed by atoms with Crippen molar-refractivity contribution in [1.29, 1.82) is 0 Å². The van der Waals surface area contributed by atoms with Gasteiger partial charge in [-0.3, -0.25) is 0 Å². The number of phenols is 2. The van der Waals surface area contributed by atoms with Gasteiger partial charge in [0.05, 0.1) is 7.11 Å². The van der Waals surface area contributed by atoms with E-state index in [1.54, 1.807) is 43.5 Å². The van der Waals surface area contributed by atoms with Gasteiger partial charge in [-0.15, -0.1) is 0 Å². The normalized spacial score (nSPS) is 9.48. The van der Waals surface area contributed by atoms with Gasteiger partial charge in [0.25, 0.3) is 0 Å². The van der Waals surface area contributed by atoms with Crippen molar-refractivity contribution in [2.45, 2.75) is 13.8 Å². The number of nitrogens with zero attached hydrogens (tertiary/aromatic N) is 1. The summed E-state index contributed by atoms with van der Waals surface area (Å²) in [7, 11) is 1.56. The molecule has 0 saturated carbocycles. The first-order valence-electron chi connectivity index (χ1n) is 6.97. The van der Waals surface area contributed by atoms with Crippen LogP contribution in [-0.2, 0) is 0 Å². The molecular weight excluding hydrogens is 266 g/mol. The molecule has 21 heavy (non-hydrogen) atoms. The molecule has 2 N–H and O–H groups in total. The Morgan fingerprint density at radius 2 is 1.48 bits per heavy atom. The number of phenolic OH excluding ortho intramolecular Hbond substituents is 2. The van der Waals surface area contributed by atoms with Crippen LogP contribution in [0, 0.1) is 0 Å². The SMILES string of the molecule is CCN(CC)c1cccc(O)c1.COc1cccc(O)c1. The maximum absolute atomic E-state index is 9.23. The lowest BCUT2D eigenvalue weighted by Gasteiger charge is -2.20. The third-order valence-electron chi connectivity index (χ3n) is 3.01. The molecule has 0 fully saturated rings. The number of hydrogen-bond donors (Lipinski definition) is 2. The molecule has 2 aromatic carbocycles. The summed E-state index contributed by atoms with van der Waals surface area (Å²) in [5.41, 5.74) is 1.08. The monoisotopic (exact) mass is 289 g/mol. The standard InChI is InChI=1S/C10H15NO.C7H8O2/c1-3-11(4-2)9-6-5-7-10(12)8-9;1-9-7-4-2-3-6(8)5-7/h5-8,12H,3-4H2,1-2H3;2-5,8H,1H3. The summed E-state index contributed by atoms with van der Waals surface area (Å²) in [5.74, 6) is 1.24. The molecule has 2 aromatic rings. The summed E-state index contributed by atoms with van der Waals surface area (Å²) in [5, 5.41) is 18.1. The van der Waals surface area contributed by atoms with E-state index in [2.05, 4.69) is 18.7 Å². The summed E-state index contributed by atoms with van der Waals surface area (Å²) >= 11 is 0. The molecule has 0 radical (unpaired) electrons. The molecule has 4 heteroatoms. The molecule has 0 unspecified atom stereocenters. The van der Waals surface area contributed by atoms with E-state index in [1.165, 1.54) is 0 Å². The molecule has 0 heterocycles. The molecule has 4 nitrogen and oxygen atoms in total. The fourth-order valence-corrected chi connectivity index (χ4v) is 1.89. The zero-order valence-corrected chi connectivity index (χ0v) is 12.8. The topological polar surface area (TPSA) is 52.9 Å². The van der Waals surface area contributed by atoms with E-state index in [-0.39, 0.29) is 5.75 Å². The Morgan fingerprint density at radius 3 is 1.90 bits per heavy atom. The number of anilines is 1. The number of benzene rings is 2. The maximum atomic E-state index is 9.23. The van der Waals surface area contributed by atoms with E-state index in [0.29, 0.717) is 11.5 Å². The lowest BCUT2D eigenvalue weighted by molar-refractivity contribution is 0.407. The van der Waals surface area contributed by atoms with Gasteiger partial charge in [0.1, 0.15) is 17.2 Å². The van der Waals surface area contributed by atoms with Crippen LogP contribution in [0.4, 0.5) is 5.69 Å². The Balaban J connectivity index is 0.000000219. The van der Waals surface area contributed by atoms with Crippen molar-refractivity contribution in [3.63, 3.8) is 0 Å².